The van der Waals surface area contributed by atoms with Gasteiger partial charge in [0.1, 0.15) is 5.02 Å². The number of halogens is 2. The zero-order chi connectivity index (χ0) is 15.7. The molecule has 1 aliphatic heterocycles. The molecule has 1 aromatic carbocycles. The summed E-state index contributed by atoms with van der Waals surface area (Å²) in [6.07, 6.45) is 0.951. The lowest BCUT2D eigenvalue weighted by Crippen LogP contribution is -2.29. The van der Waals surface area contributed by atoms with E-state index in [0.29, 0.717) is 24.9 Å². The maximum absolute atomic E-state index is 12.5. The normalized spacial score (nSPS) is 18.3. The van der Waals surface area contributed by atoms with Crippen molar-refractivity contribution in [2.75, 3.05) is 13.1 Å². The fourth-order valence-electron chi connectivity index (χ4n) is 2.53. The molecule has 1 aromatic rings. The molecule has 5 nitrogen and oxygen atoms in total. The maximum atomic E-state index is 12.5. The Hall–Kier alpha value is -1.33. The zero-order valence-electron chi connectivity index (χ0n) is 11.8. The van der Waals surface area contributed by atoms with Gasteiger partial charge in [-0.1, -0.05) is 37.0 Å². The average Bonchev–Trinajstić information content (AvgIpc) is 2.90. The molecule has 0 aromatic heterocycles. The van der Waals surface area contributed by atoms with Crippen molar-refractivity contribution in [1.82, 2.24) is 4.90 Å². The van der Waals surface area contributed by atoms with Gasteiger partial charge in [0.15, 0.2) is 0 Å². The van der Waals surface area contributed by atoms with Crippen LogP contribution in [0.2, 0.25) is 10.0 Å². The fraction of sp³-hybridized carbons (Fsp3) is 0.500. The molecule has 2 rings (SSSR count). The highest BCUT2D eigenvalue weighted by atomic mass is 35.5. The van der Waals surface area contributed by atoms with Crippen LogP contribution >= 0.6 is 23.2 Å². The molecule has 1 fully saturated rings. The van der Waals surface area contributed by atoms with Crippen molar-refractivity contribution in [2.45, 2.75) is 20.3 Å². The molecule has 1 saturated heterocycles. The van der Waals surface area contributed by atoms with Crippen LogP contribution in [-0.2, 0) is 0 Å². The Balaban J connectivity index is 2.26. The number of amides is 1. The van der Waals surface area contributed by atoms with E-state index in [2.05, 4.69) is 13.8 Å². The van der Waals surface area contributed by atoms with Gasteiger partial charge in [-0.05, 0) is 24.3 Å². The third-order valence-corrected chi connectivity index (χ3v) is 4.70. The van der Waals surface area contributed by atoms with Crippen LogP contribution in [0.25, 0.3) is 0 Å². The number of nitro groups is 1. The molecule has 0 aliphatic carbocycles. The highest BCUT2D eigenvalue weighted by molar-refractivity contribution is 6.43. The van der Waals surface area contributed by atoms with Crippen molar-refractivity contribution in [1.29, 1.82) is 0 Å². The van der Waals surface area contributed by atoms with Gasteiger partial charge in [0.2, 0.25) is 0 Å². The molecule has 1 atom stereocenters. The third-order valence-electron chi connectivity index (χ3n) is 3.91. The van der Waals surface area contributed by atoms with E-state index in [1.54, 1.807) is 4.90 Å². The van der Waals surface area contributed by atoms with E-state index < -0.39 is 4.92 Å². The van der Waals surface area contributed by atoms with Crippen molar-refractivity contribution in [2.24, 2.45) is 11.8 Å². The Kier molecular flexibility index (Phi) is 4.74. The van der Waals surface area contributed by atoms with E-state index in [-0.39, 0.29) is 27.2 Å². The third kappa shape index (κ3) is 3.30. The molecule has 7 heteroatoms. The molecule has 114 valence electrons. The van der Waals surface area contributed by atoms with Crippen LogP contribution in [0.15, 0.2) is 12.1 Å². The summed E-state index contributed by atoms with van der Waals surface area (Å²) >= 11 is 11.7. The molecule has 21 heavy (non-hydrogen) atoms. The predicted molar refractivity (Wildman–Crippen MR) is 82.0 cm³/mol. The van der Waals surface area contributed by atoms with E-state index in [4.69, 9.17) is 23.2 Å². The standard InChI is InChI=1S/C14H16Cl2N2O3/c1-8(2)9-3-4-17(7-9)14(19)10-5-11(15)13(16)12(6-10)18(20)21/h5-6,8-9H,3-4,7H2,1-2H3. The summed E-state index contributed by atoms with van der Waals surface area (Å²) in [7, 11) is 0. The van der Waals surface area contributed by atoms with Gasteiger partial charge in [0.25, 0.3) is 11.6 Å². The van der Waals surface area contributed by atoms with Gasteiger partial charge in [-0.2, -0.15) is 0 Å². The lowest BCUT2D eigenvalue weighted by atomic mass is 9.95. The van der Waals surface area contributed by atoms with Gasteiger partial charge in [0.05, 0.1) is 9.95 Å². The second-order valence-electron chi connectivity index (χ2n) is 5.59. The van der Waals surface area contributed by atoms with Crippen LogP contribution in [0, 0.1) is 22.0 Å². The minimum absolute atomic E-state index is 0.0221. The Bertz CT molecular complexity index is 590. The SMILES string of the molecule is CC(C)C1CCN(C(=O)c2cc(Cl)c(Cl)c([N+](=O)[O-])c2)C1. The predicted octanol–water partition coefficient (Wildman–Crippen LogP) is 4.02. The minimum atomic E-state index is -0.633. The first kappa shape index (κ1) is 16.0. The molecule has 0 N–H and O–H groups in total. The van der Waals surface area contributed by atoms with Gasteiger partial charge in [-0.15, -0.1) is 0 Å². The van der Waals surface area contributed by atoms with Crippen LogP contribution in [-0.4, -0.2) is 28.8 Å². The molecule has 1 unspecified atom stereocenters. The Morgan fingerprint density at radius 1 is 1.43 bits per heavy atom. The molecule has 0 saturated carbocycles. The highest BCUT2D eigenvalue weighted by Gasteiger charge is 2.30. The van der Waals surface area contributed by atoms with E-state index >= 15 is 0 Å². The monoisotopic (exact) mass is 330 g/mol. The van der Waals surface area contributed by atoms with Crippen molar-refractivity contribution >= 4 is 34.8 Å². The van der Waals surface area contributed by atoms with Crippen LogP contribution in [0.3, 0.4) is 0 Å². The molecular formula is C14H16Cl2N2O3. The molecule has 1 aliphatic rings. The van der Waals surface area contributed by atoms with Crippen molar-refractivity contribution in [3.8, 4) is 0 Å². The Labute approximate surface area is 133 Å². The molecule has 0 radical (unpaired) electrons. The van der Waals surface area contributed by atoms with Gasteiger partial charge in [0, 0.05) is 24.7 Å². The molecule has 1 amide bonds. The number of rotatable bonds is 3. The number of nitrogens with zero attached hydrogens (tertiary/aromatic N) is 2. The maximum Gasteiger partial charge on any atom is 0.290 e. The first-order valence-electron chi connectivity index (χ1n) is 6.74. The Morgan fingerprint density at radius 3 is 2.62 bits per heavy atom. The quantitative estimate of drug-likeness (QED) is 0.621. The second-order valence-corrected chi connectivity index (χ2v) is 6.38. The molecule has 0 bridgehead atoms. The van der Waals surface area contributed by atoms with Gasteiger partial charge >= 0.3 is 0 Å². The van der Waals surface area contributed by atoms with Crippen LogP contribution in [0.1, 0.15) is 30.6 Å². The number of benzene rings is 1. The number of hydrogen-bond acceptors (Lipinski definition) is 3. The summed E-state index contributed by atoms with van der Waals surface area (Å²) in [5.41, 5.74) is -0.132. The zero-order valence-corrected chi connectivity index (χ0v) is 13.3. The second kappa shape index (κ2) is 6.20. The number of nitro benzene ring substituents is 1. The summed E-state index contributed by atoms with van der Waals surface area (Å²) in [6, 6.07) is 2.58. The van der Waals surface area contributed by atoms with Gasteiger partial charge in [-0.25, -0.2) is 0 Å². The summed E-state index contributed by atoms with van der Waals surface area (Å²) in [5.74, 6) is 0.734. The van der Waals surface area contributed by atoms with E-state index in [0.717, 1.165) is 6.42 Å². The molecular weight excluding hydrogens is 315 g/mol. The smallest absolute Gasteiger partial charge is 0.290 e. The molecule has 1 heterocycles. The van der Waals surface area contributed by atoms with E-state index in [1.165, 1.54) is 12.1 Å². The lowest BCUT2D eigenvalue weighted by Gasteiger charge is -2.18. The van der Waals surface area contributed by atoms with E-state index in [9.17, 15) is 14.9 Å². The summed E-state index contributed by atoms with van der Waals surface area (Å²) in [6.45, 7) is 5.59. The van der Waals surface area contributed by atoms with E-state index in [1.807, 2.05) is 0 Å². The summed E-state index contributed by atoms with van der Waals surface area (Å²) in [5, 5.41) is 10.8. The van der Waals surface area contributed by atoms with Gasteiger partial charge in [-0.3, -0.25) is 14.9 Å². The fourth-order valence-corrected chi connectivity index (χ4v) is 2.92. The summed E-state index contributed by atoms with van der Waals surface area (Å²) < 4.78 is 0. The number of carbonyl (C=O) groups excluding carboxylic acids is 1. The number of hydrogen-bond donors (Lipinski definition) is 0. The van der Waals surface area contributed by atoms with Crippen molar-refractivity contribution < 1.29 is 9.72 Å². The Morgan fingerprint density at radius 2 is 2.10 bits per heavy atom. The minimum Gasteiger partial charge on any atom is -0.338 e. The first-order valence-corrected chi connectivity index (χ1v) is 7.49. The van der Waals surface area contributed by atoms with Crippen LogP contribution < -0.4 is 0 Å². The largest absolute Gasteiger partial charge is 0.338 e. The summed E-state index contributed by atoms with van der Waals surface area (Å²) in [4.78, 5) is 24.5. The lowest BCUT2D eigenvalue weighted by molar-refractivity contribution is -0.384. The number of likely N-dealkylation sites (tertiary alicyclic amines) is 1. The van der Waals surface area contributed by atoms with Crippen LogP contribution in [0.4, 0.5) is 5.69 Å². The van der Waals surface area contributed by atoms with Crippen molar-refractivity contribution in [3.05, 3.63) is 37.9 Å². The van der Waals surface area contributed by atoms with Crippen molar-refractivity contribution in [3.63, 3.8) is 0 Å². The highest BCUT2D eigenvalue weighted by Crippen LogP contribution is 2.34. The van der Waals surface area contributed by atoms with Crippen LogP contribution in [0.5, 0.6) is 0 Å². The van der Waals surface area contributed by atoms with Gasteiger partial charge < -0.3 is 4.90 Å². The molecule has 0 spiro atoms. The topological polar surface area (TPSA) is 63.5 Å². The average molecular weight is 331 g/mol. The number of carbonyl (C=O) groups is 1. The first-order chi connectivity index (χ1) is 9.81.